The first-order valence-electron chi connectivity index (χ1n) is 32.2. The highest BCUT2D eigenvalue weighted by Gasteiger charge is 2.49. The van der Waals surface area contributed by atoms with Crippen molar-refractivity contribution in [2.45, 2.75) is 31.6 Å². The van der Waals surface area contributed by atoms with Gasteiger partial charge in [-0.1, -0.05) is 269 Å². The topological polar surface area (TPSA) is 12.5 Å². The fourth-order valence-electron chi connectivity index (χ4n) is 13.0. The standard InChI is InChI=1S/C77H56BNO/c1-76(2,3)60-49-64(53-29-14-6-15-30-53)75(65(50-60)54-31-16-7-17-32-54)79-69-43-41-56(61-38-24-39-63-62-37-22-23-40-66(62)77(73(61)63,58-33-18-8-19-34-58)59-35-20-9-21-36-59)46-67(69)78-68-45-55(51-25-10-4-11-26-51)42-44-71(68)80-72-48-57(47-70(79)74(72)78)52-27-12-5-13-28-52/h4-50H,1-3H3/i4D,5D,10D,11D,12D,13D,25D,26D,27D,28D. The van der Waals surface area contributed by atoms with Crippen molar-refractivity contribution in [3.63, 3.8) is 0 Å². The molecular formula is C77H56BNO. The summed E-state index contributed by atoms with van der Waals surface area (Å²) in [4.78, 5) is 2.28. The van der Waals surface area contributed by atoms with Gasteiger partial charge in [0, 0.05) is 22.5 Å². The van der Waals surface area contributed by atoms with Crippen LogP contribution in [-0.2, 0) is 10.8 Å². The van der Waals surface area contributed by atoms with Crippen LogP contribution in [0.4, 0.5) is 17.1 Å². The number of rotatable bonds is 8. The van der Waals surface area contributed by atoms with Crippen molar-refractivity contribution in [2.24, 2.45) is 0 Å². The number of anilines is 3. The molecule has 378 valence electrons. The van der Waals surface area contributed by atoms with Gasteiger partial charge in [0.1, 0.15) is 11.5 Å². The Morgan fingerprint density at radius 2 is 0.938 bits per heavy atom. The molecule has 12 aromatic rings. The molecule has 0 unspecified atom stereocenters. The number of benzene rings is 12. The predicted molar refractivity (Wildman–Crippen MR) is 335 cm³/mol. The smallest absolute Gasteiger partial charge is 0.256 e. The van der Waals surface area contributed by atoms with Gasteiger partial charge in [-0.05, 0) is 142 Å². The molecule has 15 rings (SSSR count). The van der Waals surface area contributed by atoms with Gasteiger partial charge in [-0.25, -0.2) is 0 Å². The Bertz CT molecular complexity index is 4820. The molecule has 0 saturated carbocycles. The van der Waals surface area contributed by atoms with Crippen molar-refractivity contribution >= 4 is 40.2 Å². The average molecular weight is 1030 g/mol. The Labute approximate surface area is 484 Å². The zero-order valence-corrected chi connectivity index (χ0v) is 44.3. The van der Waals surface area contributed by atoms with E-state index in [2.05, 4.69) is 183 Å². The molecular weight excluding hydrogens is 966 g/mol. The minimum atomic E-state index is -0.763. The summed E-state index contributed by atoms with van der Waals surface area (Å²) in [5, 5.41) is 0. The van der Waals surface area contributed by atoms with E-state index in [0.29, 0.717) is 39.2 Å². The van der Waals surface area contributed by atoms with Crippen molar-refractivity contribution < 1.29 is 18.4 Å². The Balaban J connectivity index is 1.10. The summed E-state index contributed by atoms with van der Waals surface area (Å²) in [6.45, 7) is 5.96. The third-order valence-electron chi connectivity index (χ3n) is 16.5. The van der Waals surface area contributed by atoms with Crippen LogP contribution in [0, 0.1) is 0 Å². The predicted octanol–water partition coefficient (Wildman–Crippen LogP) is 18.1. The maximum atomic E-state index is 9.44. The molecule has 0 spiro atoms. The van der Waals surface area contributed by atoms with E-state index in [1.54, 1.807) is 18.2 Å². The van der Waals surface area contributed by atoms with Crippen molar-refractivity contribution in [1.82, 2.24) is 0 Å². The molecule has 80 heavy (non-hydrogen) atoms. The molecule has 0 amide bonds. The first-order chi connectivity index (χ1) is 43.5. The van der Waals surface area contributed by atoms with Gasteiger partial charge < -0.3 is 9.64 Å². The second kappa shape index (κ2) is 18.8. The third kappa shape index (κ3) is 7.49. The van der Waals surface area contributed by atoms with E-state index in [1.165, 1.54) is 5.56 Å². The van der Waals surface area contributed by atoms with Gasteiger partial charge in [0.05, 0.1) is 24.8 Å². The van der Waals surface area contributed by atoms with Crippen LogP contribution in [-0.4, -0.2) is 6.71 Å². The van der Waals surface area contributed by atoms with Crippen molar-refractivity contribution in [1.29, 1.82) is 0 Å². The van der Waals surface area contributed by atoms with E-state index in [9.17, 15) is 5.48 Å². The van der Waals surface area contributed by atoms with Gasteiger partial charge in [-0.2, -0.15) is 0 Å². The molecule has 2 heterocycles. The average Bonchev–Trinajstić information content (AvgIpc) is 1.25. The van der Waals surface area contributed by atoms with Crippen LogP contribution in [0.2, 0.25) is 0 Å². The van der Waals surface area contributed by atoms with E-state index in [4.69, 9.17) is 13.0 Å². The molecule has 0 N–H and O–H groups in total. The third-order valence-corrected chi connectivity index (χ3v) is 16.5. The lowest BCUT2D eigenvalue weighted by Crippen LogP contribution is -2.59. The second-order valence-corrected chi connectivity index (χ2v) is 22.0. The summed E-state index contributed by atoms with van der Waals surface area (Å²) in [5.74, 6) is 0.825. The Morgan fingerprint density at radius 1 is 0.400 bits per heavy atom. The van der Waals surface area contributed by atoms with Gasteiger partial charge in [0.2, 0.25) is 0 Å². The molecule has 0 saturated heterocycles. The molecule has 0 radical (unpaired) electrons. The van der Waals surface area contributed by atoms with Crippen LogP contribution in [0.15, 0.2) is 285 Å². The van der Waals surface area contributed by atoms with Crippen molar-refractivity contribution in [2.75, 3.05) is 4.90 Å². The molecule has 3 heteroatoms. The summed E-state index contributed by atoms with van der Waals surface area (Å²) < 4.78 is 97.3. The minimum absolute atomic E-state index is 0.0116. The van der Waals surface area contributed by atoms with Gasteiger partial charge in [-0.15, -0.1) is 0 Å². The highest BCUT2D eigenvalue weighted by Crippen LogP contribution is 2.59. The van der Waals surface area contributed by atoms with Gasteiger partial charge in [-0.3, -0.25) is 0 Å². The van der Waals surface area contributed by atoms with Crippen LogP contribution in [0.5, 0.6) is 11.5 Å². The SMILES string of the molecule is [2H]c1c([2H])c([2H])c(-c2ccc3c(c2)B2c4cc(-c5cccc6c5C(c5ccccc5)(c5ccccc5)c5ccccc5-6)ccc4N(c4c(-c5ccccc5)cc(C(C)(C)C)cc4-c4ccccc4)c4cc(-c5c([2H])c([2H])c([2H])c([2H])c5[2H])cc(c42)O3)c([2H])c1[2H]. The van der Waals surface area contributed by atoms with Crippen LogP contribution in [0.3, 0.4) is 0 Å². The fraction of sp³-hybridized carbons (Fsp3) is 0.0649. The maximum Gasteiger partial charge on any atom is 0.256 e. The van der Waals surface area contributed by atoms with Crippen LogP contribution < -0.4 is 26.0 Å². The normalized spacial score (nSPS) is 15.1. The second-order valence-electron chi connectivity index (χ2n) is 22.0. The van der Waals surface area contributed by atoms with Crippen molar-refractivity contribution in [3.8, 4) is 78.3 Å². The highest BCUT2D eigenvalue weighted by atomic mass is 16.5. The molecule has 1 aliphatic carbocycles. The van der Waals surface area contributed by atoms with E-state index in [1.807, 2.05) is 48.5 Å². The monoisotopic (exact) mass is 1030 g/mol. The van der Waals surface area contributed by atoms with Crippen LogP contribution in [0.25, 0.3) is 66.8 Å². The molecule has 0 bridgehead atoms. The quantitative estimate of drug-likeness (QED) is 0.141. The van der Waals surface area contributed by atoms with E-state index in [0.717, 1.165) is 83.6 Å². The lowest BCUT2D eigenvalue weighted by atomic mass is 9.34. The van der Waals surface area contributed by atoms with Crippen LogP contribution in [0.1, 0.15) is 62.3 Å². The molecule has 0 fully saturated rings. The highest BCUT2D eigenvalue weighted by molar-refractivity contribution is 6.99. The number of nitrogens with zero attached hydrogens (tertiary/aromatic N) is 1. The number of hydrogen-bond acceptors (Lipinski definition) is 2. The number of fused-ring (bicyclic) bond motifs is 7. The van der Waals surface area contributed by atoms with Crippen LogP contribution >= 0.6 is 0 Å². The largest absolute Gasteiger partial charge is 0.458 e. The Morgan fingerprint density at radius 3 is 1.56 bits per heavy atom. The summed E-state index contributed by atoms with van der Waals surface area (Å²) >= 11 is 0. The molecule has 2 aliphatic heterocycles. The van der Waals surface area contributed by atoms with Gasteiger partial charge >= 0.3 is 0 Å². The van der Waals surface area contributed by atoms with E-state index < -0.39 is 48.4 Å². The minimum Gasteiger partial charge on any atom is -0.458 e. The lowest BCUT2D eigenvalue weighted by Gasteiger charge is -2.42. The zero-order valence-electron chi connectivity index (χ0n) is 54.3. The first kappa shape index (κ1) is 38.0. The van der Waals surface area contributed by atoms with Gasteiger partial charge in [0.15, 0.2) is 0 Å². The van der Waals surface area contributed by atoms with Crippen molar-refractivity contribution in [3.05, 3.63) is 313 Å². The summed E-state index contributed by atoms with van der Waals surface area (Å²) in [7, 11) is 0. The van der Waals surface area contributed by atoms with E-state index >= 15 is 0 Å². The summed E-state index contributed by atoms with van der Waals surface area (Å²) in [5.41, 5.74) is 17.8. The Hall–Kier alpha value is -9.70. The maximum absolute atomic E-state index is 9.44. The molecule has 12 aromatic carbocycles. The molecule has 3 aliphatic rings. The summed E-state index contributed by atoms with van der Waals surface area (Å²) in [6, 6.07) is 73.5. The lowest BCUT2D eigenvalue weighted by molar-refractivity contribution is 0.488. The fourth-order valence-corrected chi connectivity index (χ4v) is 13.0. The Kier molecular flexibility index (Phi) is 8.90. The molecule has 2 nitrogen and oxygen atoms in total. The van der Waals surface area contributed by atoms with E-state index in [-0.39, 0.29) is 40.7 Å². The number of hydrogen-bond donors (Lipinski definition) is 0. The zero-order chi connectivity index (χ0) is 62.2. The molecule has 0 atom stereocenters. The molecule has 0 aromatic heterocycles. The number of ether oxygens (including phenoxy) is 1. The summed E-state index contributed by atoms with van der Waals surface area (Å²) in [6.07, 6.45) is 0. The van der Waals surface area contributed by atoms with Gasteiger partial charge in [0.25, 0.3) is 6.71 Å². The first-order valence-corrected chi connectivity index (χ1v) is 27.2.